The van der Waals surface area contributed by atoms with Crippen molar-refractivity contribution in [2.24, 2.45) is 0 Å². The third kappa shape index (κ3) is 115. The van der Waals surface area contributed by atoms with Gasteiger partial charge in [0.2, 0.25) is 0 Å². The van der Waals surface area contributed by atoms with Crippen LogP contribution in [0.15, 0.2) is 0 Å². The van der Waals surface area contributed by atoms with Crippen LogP contribution in [0.5, 0.6) is 0 Å². The van der Waals surface area contributed by atoms with E-state index in [9.17, 15) is 0 Å². The van der Waals surface area contributed by atoms with Crippen LogP contribution in [0.1, 0.15) is 428 Å². The highest BCUT2D eigenvalue weighted by atomic mass is 32.2. The molecule has 516 valence electrons. The first-order chi connectivity index (χ1) is 41.2. The van der Waals surface area contributed by atoms with Crippen LogP contribution in [-0.4, -0.2) is 70.5 Å². The van der Waals surface area contributed by atoms with Crippen LogP contribution in [0.4, 0.5) is 0 Å². The normalized spacial score (nSPS) is 11.9. The van der Waals surface area contributed by atoms with Crippen LogP contribution in [0.3, 0.4) is 0 Å². The molecule has 0 rings (SSSR count). The summed E-state index contributed by atoms with van der Waals surface area (Å²) in [6.07, 6.45) is 95.7. The molecule has 0 nitrogen and oxygen atoms in total. The lowest BCUT2D eigenvalue weighted by molar-refractivity contribution is 0.563. The molecule has 0 aromatic heterocycles. The number of unbranched alkanes of at least 4 members (excludes halogenated alkanes) is 48. The molecule has 0 fully saturated rings. The molecular formula is C78H168S6. The molecule has 3 unspecified atom stereocenters. The molecule has 0 aromatic rings. The molecule has 0 saturated heterocycles. The number of hydrogen-bond donors (Lipinski definition) is 0. The second-order valence-corrected chi connectivity index (χ2v) is 32.2. The first-order valence-corrected chi connectivity index (χ1v) is 46.3. The van der Waals surface area contributed by atoms with Crippen LogP contribution in [0.25, 0.3) is 0 Å². The summed E-state index contributed by atoms with van der Waals surface area (Å²) < 4.78 is 0. The quantitative estimate of drug-likeness (QED) is 0.0553. The minimum absolute atomic E-state index is 0.870. The maximum absolute atomic E-state index is 2.34. The van der Waals surface area contributed by atoms with Gasteiger partial charge in [-0.15, -0.1) is 0 Å². The van der Waals surface area contributed by atoms with Crippen molar-refractivity contribution in [2.75, 3.05) is 54.8 Å². The van der Waals surface area contributed by atoms with Gasteiger partial charge in [0.25, 0.3) is 0 Å². The van der Waals surface area contributed by atoms with E-state index in [2.05, 4.69) is 99.8 Å². The molecule has 0 amide bonds. The SMILES string of the molecule is CCCCCCCCCCC(C)SC.CCCCCCCCCCC(C)SC.CCCCCCCCCCC(C)SC.CCCCCCCCCCCCSC.CCCCCCCCCCCCSC.CCCCCCCCCCCCSC. The summed E-state index contributed by atoms with van der Waals surface area (Å²) in [7, 11) is 0. The Balaban J connectivity index is -0.000000217. The molecule has 0 aliphatic carbocycles. The Bertz CT molecular complexity index is 811. The van der Waals surface area contributed by atoms with Crippen LogP contribution in [0.2, 0.25) is 0 Å². The molecular weight excluding hydrogens is 1130 g/mol. The summed E-state index contributed by atoms with van der Waals surface area (Å²) in [6.45, 7) is 20.7. The molecule has 6 heteroatoms. The zero-order valence-corrected chi connectivity index (χ0v) is 66.5. The second-order valence-electron chi connectivity index (χ2n) is 25.5. The smallest absolute Gasteiger partial charge is 0.00159 e. The molecule has 84 heavy (non-hydrogen) atoms. The van der Waals surface area contributed by atoms with Crippen LogP contribution < -0.4 is 0 Å². The van der Waals surface area contributed by atoms with Gasteiger partial charge in [-0.3, -0.25) is 0 Å². The van der Waals surface area contributed by atoms with Crippen molar-refractivity contribution in [3.63, 3.8) is 0 Å². The Kier molecular flexibility index (Phi) is 117. The summed E-state index contributed by atoms with van der Waals surface area (Å²) in [5, 5.41) is 2.61. The van der Waals surface area contributed by atoms with Crippen molar-refractivity contribution in [2.45, 2.75) is 444 Å². The van der Waals surface area contributed by atoms with Crippen molar-refractivity contribution in [1.29, 1.82) is 0 Å². The predicted octanol–water partition coefficient (Wildman–Crippen LogP) is 31.6. The molecule has 0 aromatic carbocycles. The van der Waals surface area contributed by atoms with Gasteiger partial charge in [0.15, 0.2) is 0 Å². The molecule has 0 saturated carbocycles. The van der Waals surface area contributed by atoms with E-state index in [0.717, 1.165) is 15.7 Å². The zero-order valence-electron chi connectivity index (χ0n) is 61.6. The lowest BCUT2D eigenvalue weighted by Gasteiger charge is -2.06. The van der Waals surface area contributed by atoms with E-state index in [0.29, 0.717) is 0 Å². The summed E-state index contributed by atoms with van der Waals surface area (Å²) in [6, 6.07) is 0. The van der Waals surface area contributed by atoms with E-state index < -0.39 is 0 Å². The largest absolute Gasteiger partial charge is 0.165 e. The fourth-order valence-corrected chi connectivity index (χ4v) is 12.9. The summed E-state index contributed by atoms with van der Waals surface area (Å²) in [5.74, 6) is 4.07. The Morgan fingerprint density at radius 2 is 0.286 bits per heavy atom. The van der Waals surface area contributed by atoms with Crippen molar-refractivity contribution in [3.05, 3.63) is 0 Å². The third-order valence-electron chi connectivity index (χ3n) is 16.7. The fraction of sp³-hybridized carbons (Fsp3) is 1.00. The molecule has 0 aliphatic heterocycles. The lowest BCUT2D eigenvalue weighted by atomic mass is 10.1. The molecule has 0 bridgehead atoms. The molecule has 0 N–H and O–H groups in total. The first-order valence-electron chi connectivity index (χ1n) is 38.2. The van der Waals surface area contributed by atoms with Crippen molar-refractivity contribution < 1.29 is 0 Å². The molecule has 0 spiro atoms. The minimum atomic E-state index is 0.870. The van der Waals surface area contributed by atoms with Crippen LogP contribution in [0, 0.1) is 0 Å². The van der Waals surface area contributed by atoms with Gasteiger partial charge in [0.05, 0.1) is 0 Å². The summed E-state index contributed by atoms with van der Waals surface area (Å²) in [4.78, 5) is 0. The Labute approximate surface area is 565 Å². The molecule has 0 radical (unpaired) electrons. The third-order valence-corrected chi connectivity index (χ3v) is 21.9. The Morgan fingerprint density at radius 1 is 0.167 bits per heavy atom. The van der Waals surface area contributed by atoms with Crippen molar-refractivity contribution in [1.82, 2.24) is 0 Å². The highest BCUT2D eigenvalue weighted by molar-refractivity contribution is 7.99. The van der Waals surface area contributed by atoms with E-state index >= 15 is 0 Å². The minimum Gasteiger partial charge on any atom is -0.165 e. The monoisotopic (exact) mass is 1300 g/mol. The van der Waals surface area contributed by atoms with E-state index in [1.807, 2.05) is 70.6 Å². The highest BCUT2D eigenvalue weighted by Crippen LogP contribution is 2.20. The summed E-state index contributed by atoms with van der Waals surface area (Å²) >= 11 is 11.9. The van der Waals surface area contributed by atoms with Gasteiger partial charge in [0, 0.05) is 15.7 Å². The highest BCUT2D eigenvalue weighted by Gasteiger charge is 2.02. The second kappa shape index (κ2) is 101. The van der Waals surface area contributed by atoms with E-state index in [1.165, 1.54) is 383 Å². The Hall–Kier alpha value is 2.10. The van der Waals surface area contributed by atoms with Gasteiger partial charge >= 0.3 is 0 Å². The molecule has 0 heterocycles. The number of rotatable bonds is 63. The van der Waals surface area contributed by atoms with Gasteiger partial charge in [-0.1, -0.05) is 390 Å². The Morgan fingerprint density at radius 3 is 0.405 bits per heavy atom. The average molecular weight is 1300 g/mol. The van der Waals surface area contributed by atoms with Gasteiger partial charge in [-0.25, -0.2) is 0 Å². The van der Waals surface area contributed by atoms with Crippen molar-refractivity contribution >= 4 is 70.6 Å². The predicted molar refractivity (Wildman–Crippen MR) is 421 cm³/mol. The maximum atomic E-state index is 2.34. The average Bonchev–Trinajstić information content (AvgIpc) is 3.51. The maximum Gasteiger partial charge on any atom is 0.00159 e. The van der Waals surface area contributed by atoms with Gasteiger partial charge < -0.3 is 0 Å². The standard InChI is InChI=1S/6C13H28S/c3*1-4-5-6-7-8-9-10-11-12-13(2)14-3;3*1-3-4-5-6-7-8-9-10-11-12-13-14-2/h3*13H,4-12H2,1-3H3;3*3-13H2,1-2H3. The van der Waals surface area contributed by atoms with Crippen molar-refractivity contribution in [3.8, 4) is 0 Å². The van der Waals surface area contributed by atoms with Gasteiger partial charge in [-0.2, -0.15) is 70.6 Å². The van der Waals surface area contributed by atoms with Crippen LogP contribution >= 0.6 is 70.6 Å². The summed E-state index contributed by atoms with van der Waals surface area (Å²) in [5.41, 5.74) is 0. The molecule has 0 aliphatic rings. The first kappa shape index (κ1) is 97.2. The molecule has 3 atom stereocenters. The van der Waals surface area contributed by atoms with Crippen LogP contribution in [-0.2, 0) is 0 Å². The fourth-order valence-electron chi connectivity index (χ4n) is 10.3. The number of thioether (sulfide) groups is 6. The van der Waals surface area contributed by atoms with E-state index in [1.54, 1.807) is 0 Å². The van der Waals surface area contributed by atoms with E-state index in [-0.39, 0.29) is 0 Å². The van der Waals surface area contributed by atoms with Gasteiger partial charge in [0.1, 0.15) is 0 Å². The van der Waals surface area contributed by atoms with Gasteiger partial charge in [-0.05, 0) is 93.3 Å². The lowest BCUT2D eigenvalue weighted by Crippen LogP contribution is -1.94. The topological polar surface area (TPSA) is 0 Å². The van der Waals surface area contributed by atoms with E-state index in [4.69, 9.17) is 0 Å². The zero-order chi connectivity index (χ0) is 63.4. The number of hydrogen-bond acceptors (Lipinski definition) is 6.